The molecular weight excluding hydrogens is 438 g/mol. The van der Waals surface area contributed by atoms with Crippen molar-refractivity contribution in [3.05, 3.63) is 95.6 Å². The number of benzene rings is 3. The molecule has 1 fully saturated rings. The lowest BCUT2D eigenvalue weighted by Crippen LogP contribution is -2.28. The Morgan fingerprint density at radius 2 is 1.58 bits per heavy atom. The lowest BCUT2D eigenvalue weighted by molar-refractivity contribution is 0.0940. The van der Waals surface area contributed by atoms with Crippen LogP contribution in [0.25, 0.3) is 0 Å². The Bertz CT molecular complexity index is 1270. The monoisotopic (exact) mass is 463 g/mol. The van der Waals surface area contributed by atoms with E-state index in [1.54, 1.807) is 24.3 Å². The zero-order chi connectivity index (χ0) is 23.4. The van der Waals surface area contributed by atoms with Gasteiger partial charge in [-0.1, -0.05) is 48.5 Å². The van der Waals surface area contributed by atoms with Crippen LogP contribution in [-0.2, 0) is 10.0 Å². The normalized spacial score (nSPS) is 14.3. The summed E-state index contributed by atoms with van der Waals surface area (Å²) in [6.07, 6.45) is 1.64. The molecule has 0 radical (unpaired) electrons. The van der Waals surface area contributed by atoms with Gasteiger partial charge in [0.1, 0.15) is 0 Å². The van der Waals surface area contributed by atoms with E-state index in [0.717, 1.165) is 18.4 Å². The molecule has 170 valence electrons. The molecule has 4 rings (SSSR count). The molecular formula is C25H25N3O4S. The number of hydrogen-bond acceptors (Lipinski definition) is 4. The van der Waals surface area contributed by atoms with Gasteiger partial charge < -0.3 is 10.6 Å². The van der Waals surface area contributed by atoms with E-state index in [1.165, 1.54) is 24.3 Å². The molecule has 1 aliphatic carbocycles. The third-order valence-corrected chi connectivity index (χ3v) is 6.89. The summed E-state index contributed by atoms with van der Waals surface area (Å²) < 4.78 is 27.6. The summed E-state index contributed by atoms with van der Waals surface area (Å²) in [6.45, 7) is 1.88. The Balaban J connectivity index is 1.50. The average Bonchev–Trinajstić information content (AvgIpc) is 3.63. The highest BCUT2D eigenvalue weighted by Crippen LogP contribution is 2.23. The molecule has 0 saturated heterocycles. The topological polar surface area (TPSA) is 104 Å². The molecule has 0 heterocycles. The van der Waals surface area contributed by atoms with Gasteiger partial charge in [0, 0.05) is 11.6 Å². The first-order chi connectivity index (χ1) is 15.8. The summed E-state index contributed by atoms with van der Waals surface area (Å²) in [4.78, 5) is 25.8. The summed E-state index contributed by atoms with van der Waals surface area (Å²) in [5, 5.41) is 5.68. The Hall–Kier alpha value is -3.49. The summed E-state index contributed by atoms with van der Waals surface area (Å²) in [5.41, 5.74) is 1.80. The van der Waals surface area contributed by atoms with Gasteiger partial charge >= 0.3 is 0 Å². The summed E-state index contributed by atoms with van der Waals surface area (Å²) >= 11 is 0. The van der Waals surface area contributed by atoms with Gasteiger partial charge in [-0.3, -0.25) is 9.59 Å². The van der Waals surface area contributed by atoms with Crippen molar-refractivity contribution in [2.45, 2.75) is 36.7 Å². The number of carbonyl (C=O) groups excluding carboxylic acids is 2. The second-order valence-corrected chi connectivity index (χ2v) is 9.74. The lowest BCUT2D eigenvalue weighted by atomic mass is 10.1. The molecule has 3 N–H and O–H groups in total. The quantitative estimate of drug-likeness (QED) is 0.472. The Labute approximate surface area is 193 Å². The summed E-state index contributed by atoms with van der Waals surface area (Å²) in [5.74, 6) is -0.831. The van der Waals surface area contributed by atoms with Crippen LogP contribution in [0.1, 0.15) is 52.1 Å². The van der Waals surface area contributed by atoms with E-state index in [4.69, 9.17) is 0 Å². The Kier molecular flexibility index (Phi) is 6.57. The smallest absolute Gasteiger partial charge is 0.255 e. The molecule has 8 heteroatoms. The van der Waals surface area contributed by atoms with Crippen LogP contribution < -0.4 is 15.4 Å². The van der Waals surface area contributed by atoms with Gasteiger partial charge in [0.2, 0.25) is 10.0 Å². The maximum absolute atomic E-state index is 12.9. The minimum Gasteiger partial charge on any atom is -0.345 e. The number of carbonyl (C=O) groups is 2. The number of hydrogen-bond donors (Lipinski definition) is 3. The van der Waals surface area contributed by atoms with Crippen LogP contribution in [0.2, 0.25) is 0 Å². The molecule has 0 aliphatic heterocycles. The number of rotatable bonds is 8. The van der Waals surface area contributed by atoms with Crippen molar-refractivity contribution in [1.29, 1.82) is 0 Å². The van der Waals surface area contributed by atoms with Gasteiger partial charge in [-0.25, -0.2) is 13.1 Å². The largest absolute Gasteiger partial charge is 0.345 e. The van der Waals surface area contributed by atoms with Gasteiger partial charge in [0.05, 0.1) is 22.2 Å². The highest BCUT2D eigenvalue weighted by molar-refractivity contribution is 7.89. The second kappa shape index (κ2) is 9.56. The predicted octanol–water partition coefficient (Wildman–Crippen LogP) is 3.87. The third-order valence-electron chi connectivity index (χ3n) is 5.37. The first-order valence-electron chi connectivity index (χ1n) is 10.7. The van der Waals surface area contributed by atoms with Gasteiger partial charge in [-0.05, 0) is 55.7 Å². The minimum absolute atomic E-state index is 0.0313. The van der Waals surface area contributed by atoms with Gasteiger partial charge in [-0.2, -0.15) is 0 Å². The first kappa shape index (κ1) is 22.7. The van der Waals surface area contributed by atoms with Crippen LogP contribution in [0.15, 0.2) is 83.8 Å². The molecule has 0 aromatic heterocycles. The highest BCUT2D eigenvalue weighted by atomic mass is 32.2. The van der Waals surface area contributed by atoms with E-state index in [2.05, 4.69) is 15.4 Å². The van der Waals surface area contributed by atoms with Crippen molar-refractivity contribution in [3.63, 3.8) is 0 Å². The SMILES string of the molecule is CC(NC(=O)c1ccccc1NC(=O)c1cccc(S(=O)(=O)NC2CC2)c1)c1ccccc1. The van der Waals surface area contributed by atoms with Crippen LogP contribution in [0, 0.1) is 0 Å². The molecule has 2 amide bonds. The number of sulfonamides is 1. The number of amides is 2. The number of para-hydroxylation sites is 1. The van der Waals surface area contributed by atoms with E-state index in [1.807, 2.05) is 37.3 Å². The van der Waals surface area contributed by atoms with Crippen molar-refractivity contribution < 1.29 is 18.0 Å². The van der Waals surface area contributed by atoms with Crippen molar-refractivity contribution in [1.82, 2.24) is 10.0 Å². The van der Waals surface area contributed by atoms with Crippen molar-refractivity contribution >= 4 is 27.5 Å². The van der Waals surface area contributed by atoms with Crippen molar-refractivity contribution in [2.75, 3.05) is 5.32 Å². The lowest BCUT2D eigenvalue weighted by Gasteiger charge is -2.16. The molecule has 33 heavy (non-hydrogen) atoms. The fourth-order valence-corrected chi connectivity index (χ4v) is 4.73. The fourth-order valence-electron chi connectivity index (χ4n) is 3.38. The fraction of sp³-hybridized carbons (Fsp3) is 0.200. The zero-order valence-electron chi connectivity index (χ0n) is 18.1. The summed E-state index contributed by atoms with van der Waals surface area (Å²) in [7, 11) is -3.68. The Morgan fingerprint density at radius 1 is 0.879 bits per heavy atom. The average molecular weight is 464 g/mol. The Morgan fingerprint density at radius 3 is 2.30 bits per heavy atom. The maximum Gasteiger partial charge on any atom is 0.255 e. The van der Waals surface area contributed by atoms with Crippen molar-refractivity contribution in [3.8, 4) is 0 Å². The van der Waals surface area contributed by atoms with E-state index in [9.17, 15) is 18.0 Å². The first-order valence-corrected chi connectivity index (χ1v) is 12.2. The molecule has 0 spiro atoms. The molecule has 3 aromatic rings. The van der Waals surface area contributed by atoms with Gasteiger partial charge in [0.25, 0.3) is 11.8 Å². The molecule has 7 nitrogen and oxygen atoms in total. The van der Waals surface area contributed by atoms with Crippen LogP contribution >= 0.6 is 0 Å². The molecule has 1 aliphatic rings. The minimum atomic E-state index is -3.68. The second-order valence-electron chi connectivity index (χ2n) is 8.03. The van der Waals surface area contributed by atoms with E-state index >= 15 is 0 Å². The standard InChI is InChI=1S/C25H25N3O4S/c1-17(18-8-3-2-4-9-18)26-25(30)22-12-5-6-13-23(22)27-24(29)19-10-7-11-21(16-19)33(31,32)28-20-14-15-20/h2-13,16-17,20,28H,14-15H2,1H3,(H,26,30)(H,27,29). The van der Waals surface area contributed by atoms with Crippen LogP contribution in [-0.4, -0.2) is 26.3 Å². The van der Waals surface area contributed by atoms with E-state index in [-0.39, 0.29) is 28.4 Å². The van der Waals surface area contributed by atoms with Crippen LogP contribution in [0.5, 0.6) is 0 Å². The summed E-state index contributed by atoms with van der Waals surface area (Å²) in [6, 6.07) is 21.9. The van der Waals surface area contributed by atoms with Gasteiger partial charge in [0.15, 0.2) is 0 Å². The number of anilines is 1. The van der Waals surface area contributed by atoms with E-state index in [0.29, 0.717) is 11.3 Å². The van der Waals surface area contributed by atoms with Gasteiger partial charge in [-0.15, -0.1) is 0 Å². The molecule has 1 unspecified atom stereocenters. The zero-order valence-corrected chi connectivity index (χ0v) is 18.9. The highest BCUT2D eigenvalue weighted by Gasteiger charge is 2.28. The van der Waals surface area contributed by atoms with Crippen LogP contribution in [0.3, 0.4) is 0 Å². The predicted molar refractivity (Wildman–Crippen MR) is 127 cm³/mol. The third kappa shape index (κ3) is 5.66. The number of nitrogens with one attached hydrogen (secondary N) is 3. The molecule has 1 saturated carbocycles. The maximum atomic E-state index is 12.9. The van der Waals surface area contributed by atoms with E-state index < -0.39 is 15.9 Å². The molecule has 3 aromatic carbocycles. The molecule has 0 bridgehead atoms. The van der Waals surface area contributed by atoms with Crippen molar-refractivity contribution in [2.24, 2.45) is 0 Å². The van der Waals surface area contributed by atoms with Crippen LogP contribution in [0.4, 0.5) is 5.69 Å². The molecule has 1 atom stereocenters.